The standard InChI is InChI=1S/C43H77NO2/c1-44(2)41-38-37-40(39-41)43(45)46-42-35-33-31-29-27-25-23-21-19-17-15-13-11-9-7-5-3-4-6-8-10-12-14-16-18-20-22-24-26-28-30-32-34-36-42/h11,13,17-20,40-42H,3-10,12,14-16,21-39H2,1-2H3. The van der Waals surface area contributed by atoms with E-state index in [4.69, 9.17) is 4.74 Å². The van der Waals surface area contributed by atoms with Gasteiger partial charge in [-0.3, -0.25) is 4.79 Å². The van der Waals surface area contributed by atoms with Crippen LogP contribution in [0, 0.1) is 5.92 Å². The van der Waals surface area contributed by atoms with Crippen LogP contribution in [0.5, 0.6) is 0 Å². The second-order valence-electron chi connectivity index (χ2n) is 15.0. The first-order valence-corrected chi connectivity index (χ1v) is 20.5. The van der Waals surface area contributed by atoms with Crippen molar-refractivity contribution in [3.8, 4) is 0 Å². The van der Waals surface area contributed by atoms with E-state index in [1.54, 1.807) is 0 Å². The molecule has 0 heterocycles. The van der Waals surface area contributed by atoms with E-state index in [1.807, 2.05) is 0 Å². The van der Waals surface area contributed by atoms with Crippen LogP contribution in [0.3, 0.4) is 0 Å². The minimum Gasteiger partial charge on any atom is -0.462 e. The highest BCUT2D eigenvalue weighted by Gasteiger charge is 2.33. The fourth-order valence-electron chi connectivity index (χ4n) is 7.35. The van der Waals surface area contributed by atoms with Crippen molar-refractivity contribution < 1.29 is 9.53 Å². The molecule has 0 saturated heterocycles. The molecular weight excluding hydrogens is 562 g/mol. The monoisotopic (exact) mass is 640 g/mol. The van der Waals surface area contributed by atoms with Crippen molar-refractivity contribution in [3.05, 3.63) is 36.5 Å². The van der Waals surface area contributed by atoms with E-state index in [1.165, 1.54) is 161 Å². The Morgan fingerprint density at radius 1 is 0.478 bits per heavy atom. The van der Waals surface area contributed by atoms with Gasteiger partial charge in [-0.2, -0.15) is 0 Å². The van der Waals surface area contributed by atoms with Crippen molar-refractivity contribution in [1.29, 1.82) is 0 Å². The van der Waals surface area contributed by atoms with Crippen molar-refractivity contribution in [1.82, 2.24) is 4.90 Å². The molecule has 0 N–H and O–H groups in total. The van der Waals surface area contributed by atoms with Crippen LogP contribution in [-0.4, -0.2) is 37.1 Å². The molecule has 0 aliphatic heterocycles. The molecule has 1 saturated carbocycles. The largest absolute Gasteiger partial charge is 0.462 e. The smallest absolute Gasteiger partial charge is 0.309 e. The molecule has 0 bridgehead atoms. The van der Waals surface area contributed by atoms with Crippen LogP contribution in [0.4, 0.5) is 0 Å². The topological polar surface area (TPSA) is 29.5 Å². The summed E-state index contributed by atoms with van der Waals surface area (Å²) in [5.41, 5.74) is 0. The average molecular weight is 640 g/mol. The van der Waals surface area contributed by atoms with Gasteiger partial charge < -0.3 is 9.64 Å². The average Bonchev–Trinajstić information content (AvgIpc) is 3.56. The minimum absolute atomic E-state index is 0.0931. The van der Waals surface area contributed by atoms with Gasteiger partial charge in [-0.05, 0) is 117 Å². The highest BCUT2D eigenvalue weighted by Crippen LogP contribution is 2.30. The van der Waals surface area contributed by atoms with Gasteiger partial charge in [-0.15, -0.1) is 0 Å². The Morgan fingerprint density at radius 2 is 0.848 bits per heavy atom. The quantitative estimate of drug-likeness (QED) is 0.227. The molecule has 3 unspecified atom stereocenters. The molecule has 0 aromatic heterocycles. The van der Waals surface area contributed by atoms with E-state index < -0.39 is 0 Å². The van der Waals surface area contributed by atoms with Gasteiger partial charge in [0, 0.05) is 6.04 Å². The van der Waals surface area contributed by atoms with Gasteiger partial charge in [0.2, 0.25) is 0 Å². The van der Waals surface area contributed by atoms with E-state index in [0.717, 1.165) is 38.5 Å². The summed E-state index contributed by atoms with van der Waals surface area (Å²) in [5.74, 6) is 0.203. The summed E-state index contributed by atoms with van der Waals surface area (Å²) in [6, 6.07) is 0.534. The summed E-state index contributed by atoms with van der Waals surface area (Å²) in [4.78, 5) is 15.4. The molecule has 1 fully saturated rings. The van der Waals surface area contributed by atoms with E-state index in [0.29, 0.717) is 6.04 Å². The molecule has 266 valence electrons. The Bertz CT molecular complexity index is 784. The van der Waals surface area contributed by atoms with Crippen molar-refractivity contribution in [3.63, 3.8) is 0 Å². The lowest BCUT2D eigenvalue weighted by Gasteiger charge is -2.21. The minimum atomic E-state index is 0.0931. The van der Waals surface area contributed by atoms with Crippen LogP contribution < -0.4 is 0 Å². The second kappa shape index (κ2) is 29.8. The van der Waals surface area contributed by atoms with Gasteiger partial charge in [-0.25, -0.2) is 0 Å². The van der Waals surface area contributed by atoms with E-state index in [9.17, 15) is 4.79 Å². The number of hydrogen-bond donors (Lipinski definition) is 0. The fourth-order valence-corrected chi connectivity index (χ4v) is 7.35. The summed E-state index contributed by atoms with van der Waals surface area (Å²) in [6.45, 7) is 0. The number of ether oxygens (including phenoxy) is 1. The normalized spacial score (nSPS) is 26.6. The molecule has 0 amide bonds. The molecule has 0 aromatic rings. The predicted octanol–water partition coefficient (Wildman–Crippen LogP) is 13.2. The number of nitrogens with zero attached hydrogens (tertiary/aromatic N) is 1. The predicted molar refractivity (Wildman–Crippen MR) is 201 cm³/mol. The van der Waals surface area contributed by atoms with E-state index >= 15 is 0 Å². The summed E-state index contributed by atoms with van der Waals surface area (Å²) >= 11 is 0. The number of allylic oxidation sites excluding steroid dienone is 6. The molecule has 2 aliphatic rings. The Morgan fingerprint density at radius 3 is 1.24 bits per heavy atom. The van der Waals surface area contributed by atoms with E-state index in [-0.39, 0.29) is 18.0 Å². The van der Waals surface area contributed by atoms with Crippen LogP contribution >= 0.6 is 0 Å². The van der Waals surface area contributed by atoms with Gasteiger partial charge in [0.25, 0.3) is 0 Å². The fraction of sp³-hybridized carbons (Fsp3) is 0.837. The first kappa shape index (κ1) is 40.8. The van der Waals surface area contributed by atoms with Gasteiger partial charge >= 0.3 is 5.97 Å². The lowest BCUT2D eigenvalue weighted by molar-refractivity contribution is -0.154. The maximum atomic E-state index is 13.1. The van der Waals surface area contributed by atoms with Crippen LogP contribution in [0.15, 0.2) is 36.5 Å². The third-order valence-electron chi connectivity index (χ3n) is 10.6. The summed E-state index contributed by atoms with van der Waals surface area (Å²) in [6.07, 6.45) is 54.1. The van der Waals surface area contributed by atoms with Crippen LogP contribution in [0.1, 0.15) is 199 Å². The first-order valence-electron chi connectivity index (χ1n) is 20.5. The highest BCUT2D eigenvalue weighted by atomic mass is 16.5. The second-order valence-corrected chi connectivity index (χ2v) is 15.0. The van der Waals surface area contributed by atoms with Crippen LogP contribution in [0.2, 0.25) is 0 Å². The third-order valence-corrected chi connectivity index (χ3v) is 10.6. The summed E-state index contributed by atoms with van der Waals surface area (Å²) in [5, 5.41) is 0. The molecule has 2 aliphatic carbocycles. The molecule has 0 aromatic carbocycles. The van der Waals surface area contributed by atoms with Crippen molar-refractivity contribution >= 4 is 5.97 Å². The van der Waals surface area contributed by atoms with Crippen molar-refractivity contribution in [2.24, 2.45) is 5.92 Å². The number of esters is 1. The molecular formula is C43H77NO2. The molecule has 0 spiro atoms. The highest BCUT2D eigenvalue weighted by molar-refractivity contribution is 5.73. The first-order chi connectivity index (χ1) is 22.7. The Labute approximate surface area is 287 Å². The number of carbonyl (C=O) groups excluding carboxylic acids is 1. The molecule has 2 rings (SSSR count). The number of rotatable bonds is 3. The molecule has 3 atom stereocenters. The number of carbonyl (C=O) groups is 1. The Kier molecular flexibility index (Phi) is 26.4. The molecule has 0 radical (unpaired) electrons. The van der Waals surface area contributed by atoms with E-state index in [2.05, 4.69) is 55.5 Å². The van der Waals surface area contributed by atoms with Gasteiger partial charge in [0.15, 0.2) is 0 Å². The van der Waals surface area contributed by atoms with Crippen LogP contribution in [0.25, 0.3) is 0 Å². The number of hydrogen-bond acceptors (Lipinski definition) is 3. The van der Waals surface area contributed by atoms with Gasteiger partial charge in [-0.1, -0.05) is 133 Å². The maximum Gasteiger partial charge on any atom is 0.309 e. The van der Waals surface area contributed by atoms with Crippen molar-refractivity contribution in [2.75, 3.05) is 14.1 Å². The molecule has 46 heavy (non-hydrogen) atoms. The Hall–Kier alpha value is -1.35. The zero-order valence-electron chi connectivity index (χ0n) is 30.9. The Balaban J connectivity index is 1.71. The molecule has 3 heteroatoms. The molecule has 3 nitrogen and oxygen atoms in total. The zero-order valence-corrected chi connectivity index (χ0v) is 30.9. The lowest BCUT2D eigenvalue weighted by atomic mass is 10.0. The SMILES string of the molecule is CN(C)C1CCC(C(=O)OC2CCCCCCCCC=CCC=CCCCCCCCCCCCC=CCCCCCCCC2)C1. The summed E-state index contributed by atoms with van der Waals surface area (Å²) in [7, 11) is 4.28. The maximum absolute atomic E-state index is 13.1. The lowest BCUT2D eigenvalue weighted by Crippen LogP contribution is -2.27. The summed E-state index contributed by atoms with van der Waals surface area (Å²) < 4.78 is 6.23. The zero-order chi connectivity index (χ0) is 32.8. The van der Waals surface area contributed by atoms with Gasteiger partial charge in [0.05, 0.1) is 5.92 Å². The van der Waals surface area contributed by atoms with Crippen LogP contribution in [-0.2, 0) is 9.53 Å². The van der Waals surface area contributed by atoms with Gasteiger partial charge in [0.1, 0.15) is 6.10 Å². The third kappa shape index (κ3) is 23.1. The van der Waals surface area contributed by atoms with Crippen molar-refractivity contribution in [2.45, 2.75) is 211 Å².